The minimum Gasteiger partial charge on any atom is -0.384 e. The Morgan fingerprint density at radius 2 is 2.05 bits per heavy atom. The van der Waals surface area contributed by atoms with Crippen molar-refractivity contribution < 1.29 is 9.53 Å². The van der Waals surface area contributed by atoms with E-state index in [9.17, 15) is 4.79 Å². The molecule has 2 nitrogen and oxygen atoms in total. The van der Waals surface area contributed by atoms with Crippen molar-refractivity contribution in [1.82, 2.24) is 0 Å². The highest BCUT2D eigenvalue weighted by molar-refractivity contribution is 7.17. The summed E-state index contributed by atoms with van der Waals surface area (Å²) in [5.41, 5.74) is 2.51. The van der Waals surface area contributed by atoms with E-state index in [4.69, 9.17) is 4.74 Å². The minimum atomic E-state index is 0.297. The number of benzene rings is 1. The first-order chi connectivity index (χ1) is 9.79. The smallest absolute Gasteiger partial charge is 0.175 e. The molecule has 1 aromatic carbocycles. The van der Waals surface area contributed by atoms with E-state index >= 15 is 0 Å². The van der Waals surface area contributed by atoms with Crippen LogP contribution in [-0.4, -0.2) is 19.5 Å². The molecule has 1 saturated carbocycles. The SMILES string of the molecule is COCCc1ccccc1-c1ccc(C(=O)C2CC2)s1. The lowest BCUT2D eigenvalue weighted by Crippen LogP contribution is -1.97. The fourth-order valence-electron chi connectivity index (χ4n) is 2.35. The van der Waals surface area contributed by atoms with E-state index in [0.29, 0.717) is 11.7 Å². The van der Waals surface area contributed by atoms with E-state index in [1.807, 2.05) is 12.1 Å². The van der Waals surface area contributed by atoms with Gasteiger partial charge in [-0.25, -0.2) is 0 Å². The van der Waals surface area contributed by atoms with Crippen LogP contribution in [0.2, 0.25) is 0 Å². The normalized spacial score (nSPS) is 14.4. The van der Waals surface area contributed by atoms with Crippen LogP contribution < -0.4 is 0 Å². The molecule has 1 heterocycles. The van der Waals surface area contributed by atoms with E-state index in [1.165, 1.54) is 16.0 Å². The first-order valence-corrected chi connectivity index (χ1v) is 7.82. The number of ether oxygens (including phenoxy) is 1. The van der Waals surface area contributed by atoms with Crippen LogP contribution in [0.3, 0.4) is 0 Å². The Hall–Kier alpha value is -1.45. The Morgan fingerprint density at radius 3 is 2.80 bits per heavy atom. The van der Waals surface area contributed by atoms with Crippen molar-refractivity contribution in [3.8, 4) is 10.4 Å². The second kappa shape index (κ2) is 5.90. The van der Waals surface area contributed by atoms with Gasteiger partial charge in [0.1, 0.15) is 0 Å². The van der Waals surface area contributed by atoms with E-state index in [-0.39, 0.29) is 0 Å². The predicted molar refractivity (Wildman–Crippen MR) is 82.4 cm³/mol. The van der Waals surface area contributed by atoms with Crippen LogP contribution in [0.4, 0.5) is 0 Å². The van der Waals surface area contributed by atoms with Gasteiger partial charge >= 0.3 is 0 Å². The Kier molecular flexibility index (Phi) is 3.99. The molecule has 0 atom stereocenters. The largest absolute Gasteiger partial charge is 0.384 e. The number of rotatable bonds is 6. The number of ketones is 1. The zero-order valence-electron chi connectivity index (χ0n) is 11.6. The Balaban J connectivity index is 1.86. The minimum absolute atomic E-state index is 0.297. The van der Waals surface area contributed by atoms with Crippen molar-refractivity contribution in [2.24, 2.45) is 5.92 Å². The molecule has 3 rings (SSSR count). The third-order valence-corrected chi connectivity index (χ3v) is 4.79. The van der Waals surface area contributed by atoms with Gasteiger partial charge in [-0.1, -0.05) is 24.3 Å². The van der Waals surface area contributed by atoms with Crippen molar-refractivity contribution in [2.45, 2.75) is 19.3 Å². The molecular weight excluding hydrogens is 268 g/mol. The van der Waals surface area contributed by atoms with E-state index in [1.54, 1.807) is 18.4 Å². The summed E-state index contributed by atoms with van der Waals surface area (Å²) in [5.74, 6) is 0.626. The summed E-state index contributed by atoms with van der Waals surface area (Å²) in [4.78, 5) is 14.2. The molecule has 2 aromatic rings. The van der Waals surface area contributed by atoms with Gasteiger partial charge < -0.3 is 4.74 Å². The highest BCUT2D eigenvalue weighted by Crippen LogP contribution is 2.37. The molecule has 1 aromatic heterocycles. The molecule has 0 bridgehead atoms. The molecule has 104 valence electrons. The number of hydrogen-bond donors (Lipinski definition) is 0. The van der Waals surface area contributed by atoms with Gasteiger partial charge in [0, 0.05) is 17.9 Å². The molecule has 20 heavy (non-hydrogen) atoms. The lowest BCUT2D eigenvalue weighted by atomic mass is 10.0. The van der Waals surface area contributed by atoms with Crippen molar-refractivity contribution in [3.63, 3.8) is 0 Å². The van der Waals surface area contributed by atoms with Gasteiger partial charge in [0.2, 0.25) is 0 Å². The van der Waals surface area contributed by atoms with Gasteiger partial charge in [0.15, 0.2) is 5.78 Å². The van der Waals surface area contributed by atoms with Crippen LogP contribution in [-0.2, 0) is 11.2 Å². The zero-order chi connectivity index (χ0) is 13.9. The molecular formula is C17H18O2S. The van der Waals surface area contributed by atoms with Gasteiger partial charge in [0.25, 0.3) is 0 Å². The van der Waals surface area contributed by atoms with Crippen LogP contribution in [0, 0.1) is 5.92 Å². The van der Waals surface area contributed by atoms with Crippen LogP contribution in [0.25, 0.3) is 10.4 Å². The summed E-state index contributed by atoms with van der Waals surface area (Å²) in [5, 5.41) is 0. The number of methoxy groups -OCH3 is 1. The molecule has 0 aliphatic heterocycles. The first-order valence-electron chi connectivity index (χ1n) is 7.01. The maximum Gasteiger partial charge on any atom is 0.175 e. The summed E-state index contributed by atoms with van der Waals surface area (Å²) in [6.45, 7) is 0.719. The van der Waals surface area contributed by atoms with E-state index < -0.39 is 0 Å². The molecule has 3 heteroatoms. The average Bonchev–Trinajstić information content (AvgIpc) is 3.22. The van der Waals surface area contributed by atoms with E-state index in [2.05, 4.69) is 24.3 Å². The number of Topliss-reactive ketones (excluding diaryl/α,β-unsaturated/α-hetero) is 1. The summed E-state index contributed by atoms with van der Waals surface area (Å²) >= 11 is 1.62. The van der Waals surface area contributed by atoms with Crippen molar-refractivity contribution in [1.29, 1.82) is 0 Å². The van der Waals surface area contributed by atoms with Gasteiger partial charge in [-0.2, -0.15) is 0 Å². The van der Waals surface area contributed by atoms with Crippen molar-refractivity contribution in [3.05, 3.63) is 46.8 Å². The highest BCUT2D eigenvalue weighted by Gasteiger charge is 2.31. The quantitative estimate of drug-likeness (QED) is 0.744. The lowest BCUT2D eigenvalue weighted by Gasteiger charge is -2.07. The molecule has 0 saturated heterocycles. The summed E-state index contributed by atoms with van der Waals surface area (Å²) in [7, 11) is 1.72. The molecule has 0 unspecified atom stereocenters. The molecule has 0 radical (unpaired) electrons. The summed E-state index contributed by atoms with van der Waals surface area (Å²) in [6, 6.07) is 12.4. The topological polar surface area (TPSA) is 26.3 Å². The van der Waals surface area contributed by atoms with Crippen LogP contribution >= 0.6 is 11.3 Å². The molecule has 0 N–H and O–H groups in total. The molecule has 1 fully saturated rings. The monoisotopic (exact) mass is 286 g/mol. The van der Waals surface area contributed by atoms with Gasteiger partial charge in [-0.05, 0) is 42.5 Å². The van der Waals surface area contributed by atoms with Crippen LogP contribution in [0.15, 0.2) is 36.4 Å². The summed E-state index contributed by atoms with van der Waals surface area (Å²) in [6.07, 6.45) is 3.03. The Morgan fingerprint density at radius 1 is 1.25 bits per heavy atom. The van der Waals surface area contributed by atoms with Crippen molar-refractivity contribution in [2.75, 3.05) is 13.7 Å². The Bertz CT molecular complexity index is 611. The fourth-order valence-corrected chi connectivity index (χ4v) is 3.44. The van der Waals surface area contributed by atoms with Crippen molar-refractivity contribution >= 4 is 17.1 Å². The van der Waals surface area contributed by atoms with Crippen LogP contribution in [0.1, 0.15) is 28.1 Å². The molecule has 1 aliphatic rings. The second-order valence-corrected chi connectivity index (χ2v) is 6.29. The van der Waals surface area contributed by atoms with Gasteiger partial charge in [0.05, 0.1) is 11.5 Å². The van der Waals surface area contributed by atoms with E-state index in [0.717, 1.165) is 30.7 Å². The predicted octanol–water partition coefficient (Wildman–Crippen LogP) is 4.20. The molecule has 0 spiro atoms. The van der Waals surface area contributed by atoms with Crippen LogP contribution in [0.5, 0.6) is 0 Å². The number of hydrogen-bond acceptors (Lipinski definition) is 3. The first kappa shape index (κ1) is 13.5. The lowest BCUT2D eigenvalue weighted by molar-refractivity contribution is 0.0971. The fraction of sp³-hybridized carbons (Fsp3) is 0.353. The number of carbonyl (C=O) groups excluding carboxylic acids is 1. The maximum absolute atomic E-state index is 12.1. The average molecular weight is 286 g/mol. The zero-order valence-corrected chi connectivity index (χ0v) is 12.4. The maximum atomic E-state index is 12.1. The second-order valence-electron chi connectivity index (χ2n) is 5.20. The third kappa shape index (κ3) is 2.84. The number of carbonyl (C=O) groups is 1. The molecule has 1 aliphatic carbocycles. The van der Waals surface area contributed by atoms with Gasteiger partial charge in [-0.3, -0.25) is 4.79 Å². The number of thiophene rings is 1. The third-order valence-electron chi connectivity index (χ3n) is 3.66. The standard InChI is InChI=1S/C17H18O2S/c1-19-11-10-12-4-2-3-5-14(12)15-8-9-16(20-15)17(18)13-6-7-13/h2-5,8-9,13H,6-7,10-11H2,1H3. The Labute approximate surface area is 123 Å². The molecule has 0 amide bonds. The highest BCUT2D eigenvalue weighted by atomic mass is 32.1. The summed E-state index contributed by atoms with van der Waals surface area (Å²) < 4.78 is 5.17. The van der Waals surface area contributed by atoms with Gasteiger partial charge in [-0.15, -0.1) is 11.3 Å².